The number of H-pyrrole nitrogens is 1. The molecule has 3 unspecified atom stereocenters. The minimum atomic E-state index is 0.632. The predicted octanol–water partition coefficient (Wildman–Crippen LogP) is 3.55. The molecule has 17 heavy (non-hydrogen) atoms. The van der Waals surface area contributed by atoms with Crippen molar-refractivity contribution in [3.8, 4) is 0 Å². The highest BCUT2D eigenvalue weighted by Gasteiger charge is 2.34. The molecule has 3 rings (SSSR count). The van der Waals surface area contributed by atoms with Gasteiger partial charge in [-0.05, 0) is 43.3 Å². The molecule has 3 atom stereocenters. The molecule has 1 N–H and O–H groups in total. The molecule has 2 aliphatic rings. The predicted molar refractivity (Wildman–Crippen MR) is 70.4 cm³/mol. The average Bonchev–Trinajstić information content (AvgIpc) is 2.70. The zero-order valence-electron chi connectivity index (χ0n) is 10.5. The van der Waals surface area contributed by atoms with E-state index in [1.807, 2.05) is 7.05 Å². The summed E-state index contributed by atoms with van der Waals surface area (Å²) in [7, 11) is 2.04. The summed E-state index contributed by atoms with van der Waals surface area (Å²) >= 11 is 5.20. The third kappa shape index (κ3) is 2.07. The van der Waals surface area contributed by atoms with E-state index in [-0.39, 0.29) is 0 Å². The topological polar surface area (TPSA) is 33.6 Å². The molecule has 1 aromatic rings. The van der Waals surface area contributed by atoms with Crippen LogP contribution < -0.4 is 0 Å². The van der Waals surface area contributed by atoms with E-state index in [0.29, 0.717) is 5.92 Å². The first-order valence-corrected chi connectivity index (χ1v) is 7.28. The van der Waals surface area contributed by atoms with Gasteiger partial charge in [-0.15, -0.1) is 0 Å². The fraction of sp³-hybridized carbons (Fsp3) is 0.846. The van der Waals surface area contributed by atoms with Crippen LogP contribution in [0.25, 0.3) is 0 Å². The molecule has 0 aromatic carbocycles. The molecule has 0 saturated heterocycles. The molecular formula is C13H21N3S. The summed E-state index contributed by atoms with van der Waals surface area (Å²) in [5.41, 5.74) is 0. The fourth-order valence-electron chi connectivity index (χ4n) is 3.83. The lowest BCUT2D eigenvalue weighted by molar-refractivity contribution is 0.152. The minimum absolute atomic E-state index is 0.632. The van der Waals surface area contributed by atoms with Gasteiger partial charge in [-0.3, -0.25) is 5.10 Å². The summed E-state index contributed by atoms with van der Waals surface area (Å²) in [5, 5.41) is 7.34. The highest BCUT2D eigenvalue weighted by Crippen LogP contribution is 2.45. The van der Waals surface area contributed by atoms with Crippen LogP contribution in [0.15, 0.2) is 0 Å². The van der Waals surface area contributed by atoms with Gasteiger partial charge < -0.3 is 4.57 Å². The van der Waals surface area contributed by atoms with Crippen LogP contribution in [-0.4, -0.2) is 14.8 Å². The van der Waals surface area contributed by atoms with Crippen LogP contribution in [0.1, 0.15) is 56.7 Å². The smallest absolute Gasteiger partial charge is 0.194 e. The maximum absolute atomic E-state index is 5.20. The Kier molecular flexibility index (Phi) is 3.07. The van der Waals surface area contributed by atoms with Crippen molar-refractivity contribution in [2.45, 2.75) is 50.9 Å². The second-order valence-corrected chi connectivity index (χ2v) is 6.15. The van der Waals surface area contributed by atoms with Crippen LogP contribution in [-0.2, 0) is 7.05 Å². The standard InChI is InChI=1S/C13H21N3S/c1-16-12(14-15-13(16)17)11-7-6-9-4-2-3-5-10(9)8-11/h9-11H,2-8H2,1H3,(H,15,17). The first-order valence-electron chi connectivity index (χ1n) is 6.87. The molecule has 1 heterocycles. The lowest BCUT2D eigenvalue weighted by Gasteiger charge is -2.38. The molecule has 4 heteroatoms. The Hall–Kier alpha value is -0.640. The Morgan fingerprint density at radius 1 is 1.18 bits per heavy atom. The molecule has 0 aliphatic heterocycles. The van der Waals surface area contributed by atoms with Crippen molar-refractivity contribution in [3.05, 3.63) is 10.6 Å². The van der Waals surface area contributed by atoms with Gasteiger partial charge in [-0.1, -0.05) is 25.7 Å². The van der Waals surface area contributed by atoms with Gasteiger partial charge in [-0.2, -0.15) is 5.10 Å². The highest BCUT2D eigenvalue weighted by molar-refractivity contribution is 7.71. The van der Waals surface area contributed by atoms with Crippen LogP contribution >= 0.6 is 12.2 Å². The van der Waals surface area contributed by atoms with Gasteiger partial charge in [-0.25, -0.2) is 0 Å². The Balaban J connectivity index is 1.78. The van der Waals surface area contributed by atoms with Gasteiger partial charge in [0, 0.05) is 13.0 Å². The van der Waals surface area contributed by atoms with Crippen molar-refractivity contribution >= 4 is 12.2 Å². The molecule has 1 aromatic heterocycles. The molecule has 0 radical (unpaired) electrons. The van der Waals surface area contributed by atoms with E-state index in [9.17, 15) is 0 Å². The number of hydrogen-bond donors (Lipinski definition) is 1. The Labute approximate surface area is 108 Å². The molecule has 2 saturated carbocycles. The molecule has 3 nitrogen and oxygen atoms in total. The van der Waals surface area contributed by atoms with Crippen molar-refractivity contribution in [1.29, 1.82) is 0 Å². The molecule has 0 bridgehead atoms. The summed E-state index contributed by atoms with van der Waals surface area (Å²) in [4.78, 5) is 0. The van der Waals surface area contributed by atoms with Crippen molar-refractivity contribution in [1.82, 2.24) is 14.8 Å². The number of rotatable bonds is 1. The summed E-state index contributed by atoms with van der Waals surface area (Å²) in [6.07, 6.45) is 9.83. The Morgan fingerprint density at radius 3 is 2.65 bits per heavy atom. The third-order valence-electron chi connectivity index (χ3n) is 4.82. The monoisotopic (exact) mass is 251 g/mol. The lowest BCUT2D eigenvalue weighted by Crippen LogP contribution is -2.27. The van der Waals surface area contributed by atoms with E-state index in [2.05, 4.69) is 14.8 Å². The van der Waals surface area contributed by atoms with Crippen molar-refractivity contribution in [3.63, 3.8) is 0 Å². The molecule has 2 fully saturated rings. The molecular weight excluding hydrogens is 230 g/mol. The largest absolute Gasteiger partial charge is 0.307 e. The van der Waals surface area contributed by atoms with Gasteiger partial charge >= 0.3 is 0 Å². The van der Waals surface area contributed by atoms with Gasteiger partial charge in [0.15, 0.2) is 4.77 Å². The fourth-order valence-corrected chi connectivity index (χ4v) is 3.97. The van der Waals surface area contributed by atoms with Crippen LogP contribution in [0.2, 0.25) is 0 Å². The van der Waals surface area contributed by atoms with E-state index in [0.717, 1.165) is 16.6 Å². The third-order valence-corrected chi connectivity index (χ3v) is 5.18. The first kappa shape index (κ1) is 11.5. The maximum atomic E-state index is 5.20. The number of aromatic amines is 1. The highest BCUT2D eigenvalue weighted by atomic mass is 32.1. The first-order chi connectivity index (χ1) is 8.25. The SMILES string of the molecule is Cn1c(C2CCC3CCCCC3C2)n[nH]c1=S. The zero-order chi connectivity index (χ0) is 11.8. The molecule has 0 amide bonds. The van der Waals surface area contributed by atoms with Crippen molar-refractivity contribution < 1.29 is 0 Å². The van der Waals surface area contributed by atoms with Crippen LogP contribution in [0.4, 0.5) is 0 Å². The van der Waals surface area contributed by atoms with E-state index in [4.69, 9.17) is 12.2 Å². The average molecular weight is 251 g/mol. The van der Waals surface area contributed by atoms with Crippen LogP contribution in [0.5, 0.6) is 0 Å². The second-order valence-electron chi connectivity index (χ2n) is 5.76. The molecule has 0 spiro atoms. The van der Waals surface area contributed by atoms with Gasteiger partial charge in [0.25, 0.3) is 0 Å². The van der Waals surface area contributed by atoms with Crippen LogP contribution in [0, 0.1) is 16.6 Å². The molecule has 2 aliphatic carbocycles. The van der Waals surface area contributed by atoms with Crippen LogP contribution in [0.3, 0.4) is 0 Å². The number of nitrogens with zero attached hydrogens (tertiary/aromatic N) is 2. The Bertz CT molecular complexity index is 448. The minimum Gasteiger partial charge on any atom is -0.307 e. The zero-order valence-corrected chi connectivity index (χ0v) is 11.3. The second kappa shape index (κ2) is 4.56. The summed E-state index contributed by atoms with van der Waals surface area (Å²) in [6.45, 7) is 0. The summed E-state index contributed by atoms with van der Waals surface area (Å²) in [6, 6.07) is 0. The normalized spacial score (nSPS) is 33.4. The van der Waals surface area contributed by atoms with Crippen molar-refractivity contribution in [2.24, 2.45) is 18.9 Å². The lowest BCUT2D eigenvalue weighted by atomic mass is 9.67. The number of nitrogens with one attached hydrogen (secondary N) is 1. The van der Waals surface area contributed by atoms with E-state index in [1.54, 1.807) is 0 Å². The van der Waals surface area contributed by atoms with E-state index < -0.39 is 0 Å². The number of hydrogen-bond acceptors (Lipinski definition) is 2. The van der Waals surface area contributed by atoms with Crippen molar-refractivity contribution in [2.75, 3.05) is 0 Å². The summed E-state index contributed by atoms with van der Waals surface area (Å²) in [5.74, 6) is 3.77. The quantitative estimate of drug-likeness (QED) is 0.774. The maximum Gasteiger partial charge on any atom is 0.194 e. The van der Waals surface area contributed by atoms with E-state index >= 15 is 0 Å². The summed E-state index contributed by atoms with van der Waals surface area (Å²) < 4.78 is 2.81. The van der Waals surface area contributed by atoms with E-state index in [1.165, 1.54) is 50.8 Å². The number of aromatic nitrogens is 3. The number of fused-ring (bicyclic) bond motifs is 1. The van der Waals surface area contributed by atoms with Gasteiger partial charge in [0.1, 0.15) is 5.82 Å². The van der Waals surface area contributed by atoms with Gasteiger partial charge in [0.2, 0.25) is 0 Å². The Morgan fingerprint density at radius 2 is 1.94 bits per heavy atom. The molecule has 94 valence electrons. The van der Waals surface area contributed by atoms with Gasteiger partial charge in [0.05, 0.1) is 0 Å².